The lowest BCUT2D eigenvalue weighted by Crippen LogP contribution is -1.99. The van der Waals surface area contributed by atoms with Crippen LogP contribution < -0.4 is 0 Å². The van der Waals surface area contributed by atoms with Gasteiger partial charge in [0.2, 0.25) is 5.78 Å². The maximum absolute atomic E-state index is 12.2. The zero-order valence-corrected chi connectivity index (χ0v) is 9.88. The lowest BCUT2D eigenvalue weighted by Gasteiger charge is -1.95. The van der Waals surface area contributed by atoms with E-state index in [9.17, 15) is 4.79 Å². The van der Waals surface area contributed by atoms with Crippen LogP contribution in [0, 0.1) is 6.92 Å². The first-order valence-corrected chi connectivity index (χ1v) is 5.69. The Bertz CT molecular complexity index is 714. The molecule has 0 saturated carbocycles. The zero-order valence-electron chi connectivity index (χ0n) is 9.88. The lowest BCUT2D eigenvalue weighted by atomic mass is 10.1. The quantitative estimate of drug-likeness (QED) is 0.642. The number of carbonyl (C=O) groups is 1. The van der Waals surface area contributed by atoms with Gasteiger partial charge in [0.25, 0.3) is 0 Å². The second-order valence-corrected chi connectivity index (χ2v) is 4.17. The van der Waals surface area contributed by atoms with Crippen LogP contribution in [0.4, 0.5) is 0 Å². The second kappa shape index (κ2) is 4.11. The van der Waals surface area contributed by atoms with Crippen LogP contribution in [-0.4, -0.2) is 10.8 Å². The van der Waals surface area contributed by atoms with Crippen molar-refractivity contribution in [1.29, 1.82) is 0 Å². The summed E-state index contributed by atoms with van der Waals surface area (Å²) in [6, 6.07) is 11.1. The number of aryl methyl sites for hydroxylation is 1. The molecule has 0 aliphatic carbocycles. The SMILES string of the molecule is Cc1cccc2cc(C(=O)c3cccnc3)oc12. The molecule has 88 valence electrons. The third kappa shape index (κ3) is 1.70. The van der Waals surface area contributed by atoms with Gasteiger partial charge in [0.05, 0.1) is 0 Å². The molecule has 0 radical (unpaired) electrons. The van der Waals surface area contributed by atoms with Crippen molar-refractivity contribution in [3.05, 3.63) is 65.7 Å². The molecule has 0 unspecified atom stereocenters. The van der Waals surface area contributed by atoms with Crippen molar-refractivity contribution in [2.75, 3.05) is 0 Å². The fraction of sp³-hybridized carbons (Fsp3) is 0.0667. The molecule has 18 heavy (non-hydrogen) atoms. The van der Waals surface area contributed by atoms with E-state index >= 15 is 0 Å². The summed E-state index contributed by atoms with van der Waals surface area (Å²) in [6.07, 6.45) is 3.18. The van der Waals surface area contributed by atoms with E-state index in [-0.39, 0.29) is 5.78 Å². The van der Waals surface area contributed by atoms with Crippen molar-refractivity contribution in [2.45, 2.75) is 6.92 Å². The lowest BCUT2D eigenvalue weighted by molar-refractivity contribution is 0.101. The summed E-state index contributed by atoms with van der Waals surface area (Å²) in [7, 11) is 0. The van der Waals surface area contributed by atoms with Crippen LogP contribution in [0.25, 0.3) is 11.0 Å². The van der Waals surface area contributed by atoms with E-state index in [4.69, 9.17) is 4.42 Å². The van der Waals surface area contributed by atoms with Gasteiger partial charge in [-0.25, -0.2) is 0 Å². The first-order valence-electron chi connectivity index (χ1n) is 5.69. The highest BCUT2D eigenvalue weighted by Gasteiger charge is 2.15. The molecule has 2 aromatic heterocycles. The van der Waals surface area contributed by atoms with E-state index in [1.807, 2.05) is 25.1 Å². The standard InChI is InChI=1S/C15H11NO2/c1-10-4-2-5-11-8-13(18-15(10)11)14(17)12-6-3-7-16-9-12/h2-9H,1H3. The molecule has 3 nitrogen and oxygen atoms in total. The number of nitrogens with zero attached hydrogens (tertiary/aromatic N) is 1. The smallest absolute Gasteiger partial charge is 0.229 e. The average molecular weight is 237 g/mol. The van der Waals surface area contributed by atoms with Gasteiger partial charge in [0.15, 0.2) is 5.76 Å². The number of pyridine rings is 1. The minimum Gasteiger partial charge on any atom is -0.452 e. The van der Waals surface area contributed by atoms with Gasteiger partial charge in [0, 0.05) is 23.3 Å². The summed E-state index contributed by atoms with van der Waals surface area (Å²) >= 11 is 0. The Balaban J connectivity index is 2.10. The minimum absolute atomic E-state index is 0.140. The van der Waals surface area contributed by atoms with Crippen molar-refractivity contribution in [3.8, 4) is 0 Å². The minimum atomic E-state index is -0.140. The van der Waals surface area contributed by atoms with Gasteiger partial charge >= 0.3 is 0 Å². The third-order valence-electron chi connectivity index (χ3n) is 2.89. The third-order valence-corrected chi connectivity index (χ3v) is 2.89. The number of aromatic nitrogens is 1. The van der Waals surface area contributed by atoms with Crippen LogP contribution in [-0.2, 0) is 0 Å². The van der Waals surface area contributed by atoms with Crippen LogP contribution in [0.1, 0.15) is 21.7 Å². The van der Waals surface area contributed by atoms with Gasteiger partial charge < -0.3 is 4.42 Å². The van der Waals surface area contributed by atoms with Crippen LogP contribution in [0.5, 0.6) is 0 Å². The van der Waals surface area contributed by atoms with Gasteiger partial charge in [-0.2, -0.15) is 0 Å². The number of benzene rings is 1. The number of hydrogen-bond acceptors (Lipinski definition) is 3. The van der Waals surface area contributed by atoms with Crippen LogP contribution in [0.3, 0.4) is 0 Å². The van der Waals surface area contributed by atoms with E-state index in [1.54, 1.807) is 30.6 Å². The fourth-order valence-electron chi connectivity index (χ4n) is 1.96. The van der Waals surface area contributed by atoms with Gasteiger partial charge in [-0.1, -0.05) is 18.2 Å². The molecule has 0 bridgehead atoms. The largest absolute Gasteiger partial charge is 0.452 e. The van der Waals surface area contributed by atoms with Crippen LogP contribution >= 0.6 is 0 Å². The topological polar surface area (TPSA) is 43.1 Å². The number of furan rings is 1. The van der Waals surface area contributed by atoms with E-state index in [0.29, 0.717) is 11.3 Å². The number of para-hydroxylation sites is 1. The molecule has 0 saturated heterocycles. The molecule has 0 spiro atoms. The van der Waals surface area contributed by atoms with Crippen molar-refractivity contribution in [3.63, 3.8) is 0 Å². The molecular weight excluding hydrogens is 226 g/mol. The first kappa shape index (κ1) is 10.7. The highest BCUT2D eigenvalue weighted by atomic mass is 16.3. The van der Waals surface area contributed by atoms with E-state index in [1.165, 1.54) is 0 Å². The fourth-order valence-corrected chi connectivity index (χ4v) is 1.96. The Morgan fingerprint density at radius 2 is 2.11 bits per heavy atom. The molecular formula is C15H11NO2. The Labute approximate surface area is 104 Å². The second-order valence-electron chi connectivity index (χ2n) is 4.17. The molecule has 0 N–H and O–H groups in total. The Hall–Kier alpha value is -2.42. The monoisotopic (exact) mass is 237 g/mol. The van der Waals surface area contributed by atoms with Crippen molar-refractivity contribution >= 4 is 16.8 Å². The Kier molecular flexibility index (Phi) is 2.45. The predicted molar refractivity (Wildman–Crippen MR) is 68.6 cm³/mol. The van der Waals surface area contributed by atoms with Crippen molar-refractivity contribution < 1.29 is 9.21 Å². The molecule has 0 atom stereocenters. The highest BCUT2D eigenvalue weighted by Crippen LogP contribution is 2.24. The van der Waals surface area contributed by atoms with Crippen molar-refractivity contribution in [2.24, 2.45) is 0 Å². The van der Waals surface area contributed by atoms with E-state index < -0.39 is 0 Å². The van der Waals surface area contributed by atoms with Gasteiger partial charge in [0.1, 0.15) is 5.58 Å². The van der Waals surface area contributed by atoms with Gasteiger partial charge in [-0.15, -0.1) is 0 Å². The normalized spacial score (nSPS) is 10.7. The summed E-state index contributed by atoms with van der Waals surface area (Å²) in [5, 5.41) is 0.947. The predicted octanol–water partition coefficient (Wildman–Crippen LogP) is 3.37. The summed E-state index contributed by atoms with van der Waals surface area (Å²) in [5.74, 6) is 0.214. The Morgan fingerprint density at radius 1 is 1.22 bits per heavy atom. The van der Waals surface area contributed by atoms with Crippen LogP contribution in [0.15, 0.2) is 53.2 Å². The molecule has 0 aliphatic rings. The molecule has 0 fully saturated rings. The number of ketones is 1. The molecule has 3 aromatic rings. The molecule has 1 aromatic carbocycles. The maximum Gasteiger partial charge on any atom is 0.229 e. The first-order chi connectivity index (χ1) is 8.75. The number of hydrogen-bond donors (Lipinski definition) is 0. The highest BCUT2D eigenvalue weighted by molar-refractivity contribution is 6.08. The van der Waals surface area contributed by atoms with Crippen LogP contribution in [0.2, 0.25) is 0 Å². The number of rotatable bonds is 2. The van der Waals surface area contributed by atoms with Gasteiger partial charge in [-0.3, -0.25) is 9.78 Å². The Morgan fingerprint density at radius 3 is 2.83 bits per heavy atom. The molecule has 3 rings (SSSR count). The summed E-state index contributed by atoms with van der Waals surface area (Å²) < 4.78 is 5.64. The van der Waals surface area contributed by atoms with Crippen molar-refractivity contribution in [1.82, 2.24) is 4.98 Å². The summed E-state index contributed by atoms with van der Waals surface area (Å²) in [6.45, 7) is 1.96. The molecule has 3 heteroatoms. The summed E-state index contributed by atoms with van der Waals surface area (Å²) in [4.78, 5) is 16.1. The number of carbonyl (C=O) groups excluding carboxylic acids is 1. The molecule has 0 aliphatic heterocycles. The number of fused-ring (bicyclic) bond motifs is 1. The average Bonchev–Trinajstić information content (AvgIpc) is 2.84. The molecule has 2 heterocycles. The maximum atomic E-state index is 12.2. The van der Waals surface area contributed by atoms with Gasteiger partial charge in [-0.05, 0) is 30.7 Å². The van der Waals surface area contributed by atoms with E-state index in [2.05, 4.69) is 4.98 Å². The van der Waals surface area contributed by atoms with E-state index in [0.717, 1.165) is 16.5 Å². The molecule has 0 amide bonds. The summed E-state index contributed by atoms with van der Waals surface area (Å²) in [5.41, 5.74) is 2.33. The zero-order chi connectivity index (χ0) is 12.5.